The Morgan fingerprint density at radius 3 is 2.86 bits per heavy atom. The number of rotatable bonds is 2. The van der Waals surface area contributed by atoms with Crippen molar-refractivity contribution in [2.45, 2.75) is 37.4 Å². The van der Waals surface area contributed by atoms with Gasteiger partial charge in [0.2, 0.25) is 0 Å². The van der Waals surface area contributed by atoms with Gasteiger partial charge in [0.05, 0.1) is 18.0 Å². The van der Waals surface area contributed by atoms with Crippen LogP contribution < -0.4 is 11.4 Å². The number of nitrogens with two attached hydrogens (primary N) is 1. The van der Waals surface area contributed by atoms with Gasteiger partial charge in [-0.05, 0) is 31.4 Å². The fourth-order valence-electron chi connectivity index (χ4n) is 3.09. The number of hydrogen-bond donors (Lipinski definition) is 1. The van der Waals surface area contributed by atoms with Crippen molar-refractivity contribution in [2.24, 2.45) is 0 Å². The number of hydrogen-bond acceptors (Lipinski definition) is 5. The van der Waals surface area contributed by atoms with Gasteiger partial charge in [0.25, 0.3) is 0 Å². The predicted molar refractivity (Wildman–Crippen MR) is 79.6 cm³/mol. The van der Waals surface area contributed by atoms with Gasteiger partial charge < -0.3 is 10.5 Å². The zero-order chi connectivity index (χ0) is 15.3. The maximum atomic E-state index is 13.3. The Morgan fingerprint density at radius 1 is 1.36 bits per heavy atom. The first-order valence-electron chi connectivity index (χ1n) is 7.55. The molecule has 4 rings (SSSR count). The van der Waals surface area contributed by atoms with Crippen LogP contribution in [0.15, 0.2) is 16.9 Å². The number of fused-ring (bicyclic) bond motifs is 1. The summed E-state index contributed by atoms with van der Waals surface area (Å²) in [4.78, 5) is 20.7. The molecule has 2 aromatic heterocycles. The van der Waals surface area contributed by atoms with E-state index >= 15 is 0 Å². The average molecular weight is 304 g/mol. The van der Waals surface area contributed by atoms with Crippen LogP contribution in [0.4, 0.5) is 10.2 Å². The van der Waals surface area contributed by atoms with Crippen LogP contribution in [0.5, 0.6) is 0 Å². The SMILES string of the molecule is Nc1nc(=O)n([C@@H]2CCCOC2)c2nc([C@@H]3CC3F)ccc12. The van der Waals surface area contributed by atoms with Gasteiger partial charge in [-0.2, -0.15) is 4.98 Å². The molecular weight excluding hydrogens is 287 g/mol. The predicted octanol–water partition coefficient (Wildman–Crippen LogP) is 1.55. The standard InChI is InChI=1S/C15H17FN4O2/c16-11-6-10(11)12-4-3-9-13(17)19-15(21)20(14(9)18-12)8-2-1-5-22-7-8/h3-4,8,10-11H,1-2,5-7H2,(H2,17,19,21)/t8-,10-,11?/m1/s1. The van der Waals surface area contributed by atoms with Gasteiger partial charge in [0.1, 0.15) is 17.6 Å². The lowest BCUT2D eigenvalue weighted by atomic mass is 10.1. The largest absolute Gasteiger partial charge is 0.383 e. The second-order valence-electron chi connectivity index (χ2n) is 5.99. The van der Waals surface area contributed by atoms with Gasteiger partial charge in [-0.25, -0.2) is 14.2 Å². The number of nitrogens with zero attached hydrogens (tertiary/aromatic N) is 3. The van der Waals surface area contributed by atoms with Crippen molar-refractivity contribution in [3.63, 3.8) is 0 Å². The molecule has 7 heteroatoms. The lowest BCUT2D eigenvalue weighted by Gasteiger charge is -2.25. The third kappa shape index (κ3) is 2.16. The molecule has 22 heavy (non-hydrogen) atoms. The number of pyridine rings is 1. The highest BCUT2D eigenvalue weighted by molar-refractivity contribution is 5.85. The van der Waals surface area contributed by atoms with Crippen molar-refractivity contribution in [1.82, 2.24) is 14.5 Å². The summed E-state index contributed by atoms with van der Waals surface area (Å²) >= 11 is 0. The van der Waals surface area contributed by atoms with Gasteiger partial charge in [-0.1, -0.05) is 0 Å². The molecule has 3 heterocycles. The Labute approximate surface area is 126 Å². The molecule has 1 unspecified atom stereocenters. The lowest BCUT2D eigenvalue weighted by Crippen LogP contribution is -2.33. The summed E-state index contributed by atoms with van der Waals surface area (Å²) in [5, 5.41) is 0.630. The van der Waals surface area contributed by atoms with Crippen molar-refractivity contribution in [2.75, 3.05) is 18.9 Å². The number of halogens is 1. The zero-order valence-electron chi connectivity index (χ0n) is 12.0. The van der Waals surface area contributed by atoms with E-state index in [9.17, 15) is 9.18 Å². The van der Waals surface area contributed by atoms with E-state index in [0.717, 1.165) is 12.8 Å². The molecule has 2 fully saturated rings. The van der Waals surface area contributed by atoms with Crippen molar-refractivity contribution < 1.29 is 9.13 Å². The molecule has 2 aliphatic rings. The Bertz CT molecular complexity index is 785. The highest BCUT2D eigenvalue weighted by atomic mass is 19.1. The molecule has 1 saturated carbocycles. The van der Waals surface area contributed by atoms with E-state index in [0.29, 0.717) is 36.4 Å². The summed E-state index contributed by atoms with van der Waals surface area (Å²) in [6.45, 7) is 1.16. The van der Waals surface area contributed by atoms with E-state index < -0.39 is 11.9 Å². The Balaban J connectivity index is 1.90. The second kappa shape index (κ2) is 5.01. The number of ether oxygens (including phenoxy) is 1. The summed E-state index contributed by atoms with van der Waals surface area (Å²) in [7, 11) is 0. The first-order chi connectivity index (χ1) is 10.6. The Kier molecular flexibility index (Phi) is 3.11. The van der Waals surface area contributed by atoms with Crippen molar-refractivity contribution in [3.8, 4) is 0 Å². The quantitative estimate of drug-likeness (QED) is 0.910. The molecule has 0 amide bonds. The zero-order valence-corrected chi connectivity index (χ0v) is 12.0. The molecule has 6 nitrogen and oxygen atoms in total. The molecule has 116 valence electrons. The maximum absolute atomic E-state index is 13.3. The first kappa shape index (κ1) is 13.6. The number of alkyl halides is 1. The van der Waals surface area contributed by atoms with Gasteiger partial charge >= 0.3 is 5.69 Å². The first-order valence-corrected chi connectivity index (χ1v) is 7.55. The monoisotopic (exact) mass is 304 g/mol. The molecule has 0 aromatic carbocycles. The minimum Gasteiger partial charge on any atom is -0.383 e. The Morgan fingerprint density at radius 2 is 2.18 bits per heavy atom. The highest BCUT2D eigenvalue weighted by Gasteiger charge is 2.40. The molecule has 2 aromatic rings. The number of nitrogen functional groups attached to an aromatic ring is 1. The third-order valence-electron chi connectivity index (χ3n) is 4.42. The Hall–Kier alpha value is -2.02. The molecule has 0 spiro atoms. The molecule has 1 aliphatic carbocycles. The van der Waals surface area contributed by atoms with E-state index in [1.165, 1.54) is 0 Å². The molecule has 2 N–H and O–H groups in total. The summed E-state index contributed by atoms with van der Waals surface area (Å²) in [5.41, 5.74) is 6.60. The minimum atomic E-state index is -0.831. The van der Waals surface area contributed by atoms with Crippen LogP contribution >= 0.6 is 0 Å². The van der Waals surface area contributed by atoms with E-state index in [-0.39, 0.29) is 17.8 Å². The molecular formula is C15H17FN4O2. The van der Waals surface area contributed by atoms with Crippen LogP contribution in [0.25, 0.3) is 11.0 Å². The topological polar surface area (TPSA) is 83.0 Å². The second-order valence-corrected chi connectivity index (χ2v) is 5.99. The van der Waals surface area contributed by atoms with Gasteiger partial charge in [0.15, 0.2) is 0 Å². The van der Waals surface area contributed by atoms with Crippen LogP contribution in [0.2, 0.25) is 0 Å². The van der Waals surface area contributed by atoms with Crippen LogP contribution in [-0.2, 0) is 4.74 Å². The van der Waals surface area contributed by atoms with Crippen LogP contribution in [0.1, 0.15) is 36.9 Å². The van der Waals surface area contributed by atoms with E-state index in [2.05, 4.69) is 9.97 Å². The van der Waals surface area contributed by atoms with Gasteiger partial charge in [-0.15, -0.1) is 0 Å². The van der Waals surface area contributed by atoms with Crippen LogP contribution in [-0.4, -0.2) is 33.9 Å². The smallest absolute Gasteiger partial charge is 0.351 e. The number of aromatic nitrogens is 3. The fraction of sp³-hybridized carbons (Fsp3) is 0.533. The number of anilines is 1. The summed E-state index contributed by atoms with van der Waals surface area (Å²) in [6, 6.07) is 3.46. The van der Waals surface area contributed by atoms with Gasteiger partial charge in [0, 0.05) is 18.2 Å². The molecule has 0 radical (unpaired) electrons. The average Bonchev–Trinajstić information content (AvgIpc) is 3.25. The summed E-state index contributed by atoms with van der Waals surface area (Å²) in [5.74, 6) is 0.00423. The highest BCUT2D eigenvalue weighted by Crippen LogP contribution is 2.43. The lowest BCUT2D eigenvalue weighted by molar-refractivity contribution is 0.0589. The fourth-order valence-corrected chi connectivity index (χ4v) is 3.09. The summed E-state index contributed by atoms with van der Waals surface area (Å²) < 4.78 is 20.3. The maximum Gasteiger partial charge on any atom is 0.351 e. The van der Waals surface area contributed by atoms with Crippen molar-refractivity contribution in [1.29, 1.82) is 0 Å². The molecule has 0 bridgehead atoms. The van der Waals surface area contributed by atoms with Crippen molar-refractivity contribution in [3.05, 3.63) is 28.3 Å². The minimum absolute atomic E-state index is 0.0972. The third-order valence-corrected chi connectivity index (χ3v) is 4.42. The van der Waals surface area contributed by atoms with Gasteiger partial charge in [-0.3, -0.25) is 4.57 Å². The molecule has 3 atom stereocenters. The van der Waals surface area contributed by atoms with E-state index in [1.807, 2.05) is 0 Å². The van der Waals surface area contributed by atoms with Crippen molar-refractivity contribution >= 4 is 16.9 Å². The van der Waals surface area contributed by atoms with E-state index in [4.69, 9.17) is 10.5 Å². The molecule has 1 saturated heterocycles. The van der Waals surface area contributed by atoms with Crippen LogP contribution in [0, 0.1) is 0 Å². The van der Waals surface area contributed by atoms with Crippen LogP contribution in [0.3, 0.4) is 0 Å². The normalized spacial score (nSPS) is 28.0. The summed E-state index contributed by atoms with van der Waals surface area (Å²) in [6.07, 6.45) is 1.39. The molecule has 1 aliphatic heterocycles. The van der Waals surface area contributed by atoms with E-state index in [1.54, 1.807) is 16.7 Å².